The predicted octanol–water partition coefficient (Wildman–Crippen LogP) is 17.1. The average Bonchev–Trinajstić information content (AvgIpc) is 1.46. The van der Waals surface area contributed by atoms with Gasteiger partial charge < -0.3 is 39.4 Å². The number of carbonyl (C=O) groups excluding carboxylic acids is 2. The Morgan fingerprint density at radius 3 is 1.76 bits per heavy atom. The first-order valence-electron chi connectivity index (χ1n) is 38.2. The van der Waals surface area contributed by atoms with Crippen molar-refractivity contribution in [2.24, 2.45) is 80.8 Å². The van der Waals surface area contributed by atoms with Crippen molar-refractivity contribution in [2.45, 2.75) is 231 Å². The van der Waals surface area contributed by atoms with E-state index in [1.807, 2.05) is 24.3 Å². The average molecular weight is 1300 g/mol. The van der Waals surface area contributed by atoms with Crippen molar-refractivity contribution < 1.29 is 38.7 Å². The Hall–Kier alpha value is -5.36. The number of hydrogen-bond donors (Lipinski definition) is 3. The van der Waals surface area contributed by atoms with E-state index in [4.69, 9.17) is 18.9 Å². The van der Waals surface area contributed by atoms with Gasteiger partial charge in [-0.1, -0.05) is 174 Å². The number of nitrogens with zero attached hydrogens (tertiary/aromatic N) is 1. The third-order valence-electron chi connectivity index (χ3n) is 30.7. The Balaban J connectivity index is 0.000000123. The van der Waals surface area contributed by atoms with Crippen molar-refractivity contribution in [1.82, 2.24) is 10.2 Å². The zero-order valence-electron chi connectivity index (χ0n) is 58.9. The summed E-state index contributed by atoms with van der Waals surface area (Å²) in [6.07, 6.45) is 24.6. The van der Waals surface area contributed by atoms with Crippen molar-refractivity contribution in [3.8, 4) is 22.3 Å². The summed E-state index contributed by atoms with van der Waals surface area (Å²) in [6, 6.07) is 34.4. The van der Waals surface area contributed by atoms with Crippen molar-refractivity contribution in [3.05, 3.63) is 154 Å². The number of benzene rings is 4. The molecule has 10 heteroatoms. The Kier molecular flexibility index (Phi) is 15.6. The normalized spacial score (nSPS) is 42.8. The van der Waals surface area contributed by atoms with E-state index in [9.17, 15) is 19.8 Å². The molecule has 0 radical (unpaired) electrons. The van der Waals surface area contributed by atoms with Crippen LogP contribution in [0.1, 0.15) is 206 Å². The fourth-order valence-electron chi connectivity index (χ4n) is 25.9. The molecule has 0 aromatic heterocycles. The van der Waals surface area contributed by atoms with Gasteiger partial charge >= 0.3 is 12.1 Å². The highest BCUT2D eigenvalue weighted by molar-refractivity contribution is 5.80. The predicted molar refractivity (Wildman–Crippen MR) is 377 cm³/mol. The van der Waals surface area contributed by atoms with Gasteiger partial charge in [0.15, 0.2) is 0 Å². The van der Waals surface area contributed by atoms with Crippen LogP contribution in [0, 0.1) is 80.8 Å². The highest BCUT2D eigenvalue weighted by Crippen LogP contribution is 2.87. The van der Waals surface area contributed by atoms with Crippen LogP contribution in [-0.2, 0) is 23.7 Å². The number of amides is 1. The minimum absolute atomic E-state index is 0.0222. The molecule has 4 aromatic carbocycles. The number of aliphatic hydroxyl groups is 2. The molecule has 4 heterocycles. The van der Waals surface area contributed by atoms with Crippen molar-refractivity contribution in [3.63, 3.8) is 0 Å². The summed E-state index contributed by atoms with van der Waals surface area (Å²) in [6.45, 7) is 23.8. The SMILES string of the molecule is CC(=O)OCC1c2ccccc2-c2ccccc21.CC1=C2C[C@H]3[C@@H](CC=C4C[C@@H](O)CC[C@@]43C)[C@@H]2CC[C@]12O[C@@H]1C[C@H](C)CN[C@H]1[C@H]2C.C[C@H]1C[C@H]2O[C@]3(CC[C@H]4[C@@H]5CC=C6C[C@@H](O)CC[C@]6(C)[C@H]5CC45CC53C)[C@H](C)[C@@H]2N(C(=O)OCC2c3ccccc3-c3ccccc32)C1. The molecule has 1 amide bonds. The van der Waals surface area contributed by atoms with E-state index >= 15 is 0 Å². The van der Waals surface area contributed by atoms with E-state index in [2.05, 4.69) is 151 Å². The maximum Gasteiger partial charge on any atom is 0.410 e. The molecular weight excluding hydrogens is 1190 g/mol. The molecule has 2 unspecified atom stereocenters. The molecule has 4 aromatic rings. The molecule has 4 saturated heterocycles. The summed E-state index contributed by atoms with van der Waals surface area (Å²) in [4.78, 5) is 27.3. The van der Waals surface area contributed by atoms with Crippen LogP contribution in [0.4, 0.5) is 4.79 Å². The number of esters is 1. The lowest BCUT2D eigenvalue weighted by atomic mass is 9.56. The molecule has 10 nitrogen and oxygen atoms in total. The Morgan fingerprint density at radius 2 is 1.17 bits per heavy atom. The molecule has 3 spiro atoms. The van der Waals surface area contributed by atoms with Gasteiger partial charge in [0, 0.05) is 48.6 Å². The maximum atomic E-state index is 14.2. The number of aliphatic hydroxyl groups excluding tert-OH is 2. The van der Waals surface area contributed by atoms with Crippen LogP contribution in [0.2, 0.25) is 0 Å². The van der Waals surface area contributed by atoms with Crippen molar-refractivity contribution >= 4 is 12.1 Å². The highest BCUT2D eigenvalue weighted by Gasteiger charge is 2.85. The number of likely N-dealkylation sites (tertiary alicyclic amines) is 1. The van der Waals surface area contributed by atoms with Gasteiger partial charge in [0.2, 0.25) is 0 Å². The smallest absolute Gasteiger partial charge is 0.410 e. The van der Waals surface area contributed by atoms with Crippen LogP contribution >= 0.6 is 0 Å². The summed E-state index contributed by atoms with van der Waals surface area (Å²) < 4.78 is 26.1. The number of fused-ring (bicyclic) bond motifs is 18. The number of allylic oxidation sites excluding steroid dienone is 3. The zero-order valence-corrected chi connectivity index (χ0v) is 58.9. The highest BCUT2D eigenvalue weighted by atomic mass is 16.6. The molecule has 6 saturated carbocycles. The monoisotopic (exact) mass is 1300 g/mol. The van der Waals surface area contributed by atoms with Gasteiger partial charge in [-0.2, -0.15) is 0 Å². The standard InChI is InChI=1S/C43H53NO4.C27H41NO2.C16H14O2/c1-25-19-37-38(44(22-25)39(46)47-23-34-31-11-7-5-9-29(31)30-10-6-8-12-32(30)34)26(2)43(48-37)18-16-35-33-14-13-27-20-28(45)15-17-40(27,3)36(33)21-42(35)24-41(42,43)4;1-15-11-24-25(28-14-15)17(3)27(30-24)10-8-20-21-6-5-18-12-19(29)7-9-26(18,4)23(21)13-22(20)16(27)2;1-11(17)18-10-16-14-8-4-2-6-12(14)13-7-3-5-9-15(13)16/h5-13,25-26,28,33-38,45H,14-24H2,1-4H3;5,15,17,19-21,23-25,28-29H,6-14H2,1-4H3;2-9,16H,10H2,1H3/t25-,26+,28-,33-,35-,36-,37+,38-,40-,41?,42?,43+;15-,17+,19-,20-,21-,23-,24+,25-,26-,27-;/m00./s1. The molecule has 510 valence electrons. The molecule has 3 N–H and O–H groups in total. The largest absolute Gasteiger partial charge is 0.465 e. The number of piperidine rings is 2. The summed E-state index contributed by atoms with van der Waals surface area (Å²) in [5.41, 5.74) is 17.4. The van der Waals surface area contributed by atoms with Gasteiger partial charge in [0.25, 0.3) is 0 Å². The second-order valence-electron chi connectivity index (χ2n) is 34.9. The molecule has 4 aliphatic heterocycles. The zero-order chi connectivity index (χ0) is 66.2. The summed E-state index contributed by atoms with van der Waals surface area (Å²) in [5, 5.41) is 24.6. The Bertz CT molecular complexity index is 3760. The van der Waals surface area contributed by atoms with Gasteiger partial charge in [0.05, 0.1) is 41.7 Å². The third-order valence-corrected chi connectivity index (χ3v) is 30.7. The number of ether oxygens (including phenoxy) is 4. The molecular formula is C86H108N2O8. The second-order valence-corrected chi connectivity index (χ2v) is 34.9. The number of rotatable bonds is 4. The van der Waals surface area contributed by atoms with Crippen LogP contribution in [0.25, 0.3) is 22.3 Å². The van der Waals surface area contributed by atoms with Gasteiger partial charge in [-0.25, -0.2) is 4.79 Å². The Morgan fingerprint density at radius 1 is 0.615 bits per heavy atom. The van der Waals surface area contributed by atoms with Crippen LogP contribution in [-0.4, -0.2) is 101 Å². The first-order chi connectivity index (χ1) is 46.2. The van der Waals surface area contributed by atoms with Crippen molar-refractivity contribution in [2.75, 3.05) is 26.3 Å². The van der Waals surface area contributed by atoms with E-state index in [1.54, 1.807) is 22.3 Å². The summed E-state index contributed by atoms with van der Waals surface area (Å²) in [7, 11) is 0. The summed E-state index contributed by atoms with van der Waals surface area (Å²) in [5.74, 6) is 6.58. The lowest BCUT2D eigenvalue weighted by molar-refractivity contribution is -0.147. The lowest BCUT2D eigenvalue weighted by Gasteiger charge is -2.50. The van der Waals surface area contributed by atoms with Crippen LogP contribution in [0.15, 0.2) is 132 Å². The minimum Gasteiger partial charge on any atom is -0.465 e. The summed E-state index contributed by atoms with van der Waals surface area (Å²) >= 11 is 0. The van der Waals surface area contributed by atoms with E-state index < -0.39 is 0 Å². The molecule has 96 heavy (non-hydrogen) atoms. The Labute approximate surface area is 572 Å². The fourth-order valence-corrected chi connectivity index (χ4v) is 25.9. The first kappa shape index (κ1) is 64.0. The van der Waals surface area contributed by atoms with Gasteiger partial charge in [0.1, 0.15) is 13.2 Å². The quantitative estimate of drug-likeness (QED) is 0.135. The first-order valence-corrected chi connectivity index (χ1v) is 38.2. The molecule has 0 bridgehead atoms. The van der Waals surface area contributed by atoms with E-state index in [1.165, 1.54) is 116 Å². The third kappa shape index (κ3) is 9.43. The molecule has 15 aliphatic rings. The van der Waals surface area contributed by atoms with Gasteiger partial charge in [-0.3, -0.25) is 4.79 Å². The molecule has 19 rings (SSSR count). The maximum absolute atomic E-state index is 14.2. The van der Waals surface area contributed by atoms with Gasteiger partial charge in [-0.15, -0.1) is 0 Å². The molecule has 10 fully saturated rings. The number of hydrogen-bond acceptors (Lipinski definition) is 9. The topological polar surface area (TPSA) is 127 Å². The number of nitrogens with one attached hydrogen (secondary N) is 1. The lowest BCUT2D eigenvalue weighted by Crippen LogP contribution is -2.56. The van der Waals surface area contributed by atoms with Gasteiger partial charge in [-0.05, 0) is 236 Å². The molecule has 11 aliphatic carbocycles. The fraction of sp³-hybridized carbons (Fsp3) is 0.628. The number of carbonyl (C=O) groups is 2. The van der Waals surface area contributed by atoms with Crippen molar-refractivity contribution in [1.29, 1.82) is 0 Å². The molecule has 22 atom stereocenters. The van der Waals surface area contributed by atoms with Crippen LogP contribution in [0.5, 0.6) is 0 Å². The van der Waals surface area contributed by atoms with E-state index in [-0.39, 0.29) is 76.2 Å². The van der Waals surface area contributed by atoms with Crippen LogP contribution < -0.4 is 5.32 Å². The van der Waals surface area contributed by atoms with E-state index in [0.717, 1.165) is 99.5 Å². The minimum atomic E-state index is -0.225. The van der Waals surface area contributed by atoms with Crippen LogP contribution in [0.3, 0.4) is 0 Å². The van der Waals surface area contributed by atoms with E-state index in [0.29, 0.717) is 48.0 Å². The second kappa shape index (κ2) is 23.4.